The van der Waals surface area contributed by atoms with Crippen molar-refractivity contribution in [3.63, 3.8) is 0 Å². The van der Waals surface area contributed by atoms with E-state index in [1.54, 1.807) is 0 Å². The van der Waals surface area contributed by atoms with Gasteiger partial charge >= 0.3 is 5.97 Å². The molecule has 2 aliphatic rings. The second kappa shape index (κ2) is 8.18. The summed E-state index contributed by atoms with van der Waals surface area (Å²) in [5.41, 5.74) is -0.380. The number of hydrogen-bond acceptors (Lipinski definition) is 4. The largest absolute Gasteiger partial charge is 0.465 e. The summed E-state index contributed by atoms with van der Waals surface area (Å²) < 4.78 is 17.9. The topological polar surface area (TPSA) is 44.8 Å². The van der Waals surface area contributed by atoms with Crippen LogP contribution in [0.5, 0.6) is 0 Å². The van der Waals surface area contributed by atoms with E-state index in [4.69, 9.17) is 14.2 Å². The second-order valence-corrected chi connectivity index (χ2v) is 10.5. The normalized spacial score (nSPS) is 32.5. The summed E-state index contributed by atoms with van der Waals surface area (Å²) in [5.74, 6) is 0.680. The fourth-order valence-corrected chi connectivity index (χ4v) is 4.19. The van der Waals surface area contributed by atoms with E-state index >= 15 is 0 Å². The van der Waals surface area contributed by atoms with E-state index in [1.165, 1.54) is 12.8 Å². The van der Waals surface area contributed by atoms with Crippen LogP contribution in [0.4, 0.5) is 0 Å². The van der Waals surface area contributed by atoms with Gasteiger partial charge in [-0.25, -0.2) is 0 Å². The summed E-state index contributed by atoms with van der Waals surface area (Å²) in [6.07, 6.45) is 5.11. The zero-order valence-electron chi connectivity index (χ0n) is 18.0. The number of carbonyl (C=O) groups is 1. The van der Waals surface area contributed by atoms with Gasteiger partial charge in [0.05, 0.1) is 25.2 Å². The molecule has 0 aromatic heterocycles. The standard InChI is InChI=1S/C22H40O4/c1-16(2)21(7,15-20(4,5)6)19(23)24-12-18-13-25-22(26-14-18)10-8-17(3)9-11-22/h16-18H,8-15H2,1-7H3. The van der Waals surface area contributed by atoms with Gasteiger partial charge in [0.25, 0.3) is 0 Å². The average molecular weight is 369 g/mol. The molecule has 1 atom stereocenters. The van der Waals surface area contributed by atoms with Crippen molar-refractivity contribution in [2.75, 3.05) is 19.8 Å². The van der Waals surface area contributed by atoms with Crippen molar-refractivity contribution in [1.82, 2.24) is 0 Å². The van der Waals surface area contributed by atoms with Crippen molar-refractivity contribution >= 4 is 5.97 Å². The molecule has 1 unspecified atom stereocenters. The molecule has 152 valence electrons. The van der Waals surface area contributed by atoms with E-state index in [-0.39, 0.29) is 29.0 Å². The molecule has 1 aliphatic heterocycles. The minimum absolute atomic E-state index is 0.0829. The Morgan fingerprint density at radius 2 is 1.65 bits per heavy atom. The van der Waals surface area contributed by atoms with Crippen molar-refractivity contribution in [2.24, 2.45) is 28.6 Å². The van der Waals surface area contributed by atoms with Crippen LogP contribution in [0.2, 0.25) is 0 Å². The molecule has 0 aromatic carbocycles. The van der Waals surface area contributed by atoms with Crippen LogP contribution in [0.3, 0.4) is 0 Å². The highest BCUT2D eigenvalue weighted by Gasteiger charge is 2.43. The first-order chi connectivity index (χ1) is 12.0. The van der Waals surface area contributed by atoms with E-state index in [0.717, 1.165) is 25.2 Å². The van der Waals surface area contributed by atoms with Gasteiger partial charge in [-0.15, -0.1) is 0 Å². The van der Waals surface area contributed by atoms with Gasteiger partial charge in [-0.1, -0.05) is 41.5 Å². The molecular formula is C22H40O4. The van der Waals surface area contributed by atoms with Crippen molar-refractivity contribution in [3.8, 4) is 0 Å². The quantitative estimate of drug-likeness (QED) is 0.626. The molecule has 1 aliphatic carbocycles. The van der Waals surface area contributed by atoms with Crippen LogP contribution < -0.4 is 0 Å². The highest BCUT2D eigenvalue weighted by molar-refractivity contribution is 5.76. The Hall–Kier alpha value is -0.610. The average Bonchev–Trinajstić information content (AvgIpc) is 2.55. The number of esters is 1. The van der Waals surface area contributed by atoms with Gasteiger partial charge in [-0.3, -0.25) is 4.79 Å². The molecule has 0 amide bonds. The fraction of sp³-hybridized carbons (Fsp3) is 0.955. The van der Waals surface area contributed by atoms with Crippen LogP contribution >= 0.6 is 0 Å². The van der Waals surface area contributed by atoms with E-state index in [0.29, 0.717) is 19.8 Å². The lowest BCUT2D eigenvalue weighted by Crippen LogP contribution is -2.48. The summed E-state index contributed by atoms with van der Waals surface area (Å²) in [6, 6.07) is 0. The van der Waals surface area contributed by atoms with Crippen molar-refractivity contribution in [2.45, 2.75) is 86.4 Å². The highest BCUT2D eigenvalue weighted by Crippen LogP contribution is 2.41. The smallest absolute Gasteiger partial charge is 0.312 e. The Morgan fingerprint density at radius 1 is 1.12 bits per heavy atom. The zero-order chi connectivity index (χ0) is 19.6. The zero-order valence-corrected chi connectivity index (χ0v) is 18.0. The van der Waals surface area contributed by atoms with Crippen LogP contribution in [0.1, 0.15) is 80.6 Å². The first-order valence-corrected chi connectivity index (χ1v) is 10.4. The predicted octanol–water partition coefficient (Wildman–Crippen LogP) is 5.20. The Labute approximate surface area is 160 Å². The number of hydrogen-bond donors (Lipinski definition) is 0. The van der Waals surface area contributed by atoms with Crippen LogP contribution in [-0.2, 0) is 19.0 Å². The maximum atomic E-state index is 12.9. The lowest BCUT2D eigenvalue weighted by atomic mass is 9.69. The van der Waals surface area contributed by atoms with E-state index in [2.05, 4.69) is 41.5 Å². The minimum atomic E-state index is -0.463. The third kappa shape index (κ3) is 5.45. The summed E-state index contributed by atoms with van der Waals surface area (Å²) in [4.78, 5) is 12.9. The summed E-state index contributed by atoms with van der Waals surface area (Å²) >= 11 is 0. The number of rotatable bonds is 5. The Kier molecular flexibility index (Phi) is 6.82. The molecule has 0 bridgehead atoms. The molecule has 4 nitrogen and oxygen atoms in total. The van der Waals surface area contributed by atoms with Gasteiger partial charge in [-0.05, 0) is 43.4 Å². The van der Waals surface area contributed by atoms with Gasteiger partial charge in [0.15, 0.2) is 5.79 Å². The number of ether oxygens (including phenoxy) is 3. The summed E-state index contributed by atoms with van der Waals surface area (Å²) in [6.45, 7) is 16.7. The molecule has 26 heavy (non-hydrogen) atoms. The Morgan fingerprint density at radius 3 is 2.12 bits per heavy atom. The highest BCUT2D eigenvalue weighted by atomic mass is 16.7. The van der Waals surface area contributed by atoms with Crippen LogP contribution in [0, 0.1) is 28.6 Å². The van der Waals surface area contributed by atoms with E-state index in [1.807, 2.05) is 6.92 Å². The van der Waals surface area contributed by atoms with Gasteiger partial charge in [-0.2, -0.15) is 0 Å². The van der Waals surface area contributed by atoms with Crippen LogP contribution in [-0.4, -0.2) is 31.6 Å². The van der Waals surface area contributed by atoms with Crippen molar-refractivity contribution < 1.29 is 19.0 Å². The lowest BCUT2D eigenvalue weighted by molar-refractivity contribution is -0.300. The van der Waals surface area contributed by atoms with Crippen molar-refractivity contribution in [1.29, 1.82) is 0 Å². The first-order valence-electron chi connectivity index (χ1n) is 10.4. The SMILES string of the molecule is CC1CCC2(CC1)OCC(COC(=O)C(C)(CC(C)(C)C)C(C)C)CO2. The van der Waals surface area contributed by atoms with Crippen molar-refractivity contribution in [3.05, 3.63) is 0 Å². The first kappa shape index (κ1) is 21.7. The lowest BCUT2D eigenvalue weighted by Gasteiger charge is -2.44. The summed E-state index contributed by atoms with van der Waals surface area (Å²) in [7, 11) is 0. The fourth-order valence-electron chi connectivity index (χ4n) is 4.19. The van der Waals surface area contributed by atoms with Crippen LogP contribution in [0.15, 0.2) is 0 Å². The maximum Gasteiger partial charge on any atom is 0.312 e. The molecule has 2 fully saturated rings. The molecular weight excluding hydrogens is 328 g/mol. The predicted molar refractivity (Wildman–Crippen MR) is 104 cm³/mol. The molecule has 2 rings (SSSR count). The van der Waals surface area contributed by atoms with E-state index in [9.17, 15) is 4.79 Å². The molecule has 4 heteroatoms. The van der Waals surface area contributed by atoms with E-state index < -0.39 is 5.41 Å². The van der Waals surface area contributed by atoms with Gasteiger partial charge < -0.3 is 14.2 Å². The molecule has 1 saturated carbocycles. The third-order valence-corrected chi connectivity index (χ3v) is 6.29. The Bertz CT molecular complexity index is 461. The Balaban J connectivity index is 1.84. The second-order valence-electron chi connectivity index (χ2n) is 10.5. The molecule has 0 N–H and O–H groups in total. The molecule has 1 spiro atoms. The minimum Gasteiger partial charge on any atom is -0.465 e. The monoisotopic (exact) mass is 368 g/mol. The number of carbonyl (C=O) groups excluding carboxylic acids is 1. The molecule has 0 aromatic rings. The maximum absolute atomic E-state index is 12.9. The van der Waals surface area contributed by atoms with Gasteiger partial charge in [0, 0.05) is 18.8 Å². The van der Waals surface area contributed by atoms with Gasteiger partial charge in [0.1, 0.15) is 0 Å². The van der Waals surface area contributed by atoms with Gasteiger partial charge in [0.2, 0.25) is 0 Å². The summed E-state index contributed by atoms with van der Waals surface area (Å²) in [5, 5.41) is 0. The molecule has 1 saturated heterocycles. The molecule has 1 heterocycles. The third-order valence-electron chi connectivity index (χ3n) is 6.29. The molecule has 0 radical (unpaired) electrons. The van der Waals surface area contributed by atoms with Crippen LogP contribution in [0.25, 0.3) is 0 Å².